The summed E-state index contributed by atoms with van der Waals surface area (Å²) >= 11 is 0. The zero-order chi connectivity index (χ0) is 81.4. The second kappa shape index (κ2) is 36.3. The molecular formula is C84H136N2O24. The molecule has 4 bridgehead atoms. The molecule has 12 unspecified atom stereocenters. The highest BCUT2D eigenvalue weighted by molar-refractivity contribution is 5.74. The Hall–Kier alpha value is -3.92. The molecule has 8 heterocycles. The number of nitrogens with two attached hydrogens (primary N) is 1. The fraction of sp³-hybridized carbons (Fsp3) is 0.810. The average Bonchev–Trinajstić information content (AvgIpc) is 1.58. The van der Waals surface area contributed by atoms with Crippen LogP contribution in [-0.4, -0.2) is 247 Å². The normalized spacial score (nSPS) is 44.6. The average molecular weight is 1560 g/mol. The molecule has 36 atom stereocenters. The molecule has 8 aliphatic rings. The van der Waals surface area contributed by atoms with Gasteiger partial charge in [-0.3, -0.25) is 14.5 Å². The van der Waals surface area contributed by atoms with E-state index in [4.69, 9.17) is 72.0 Å². The summed E-state index contributed by atoms with van der Waals surface area (Å²) in [4.78, 5) is 31.1. The van der Waals surface area contributed by atoms with Gasteiger partial charge in [-0.2, -0.15) is 0 Å². The van der Waals surface area contributed by atoms with Crippen molar-refractivity contribution in [1.29, 1.82) is 0 Å². The van der Waals surface area contributed by atoms with E-state index in [1.807, 2.05) is 91.8 Å². The van der Waals surface area contributed by atoms with E-state index in [0.29, 0.717) is 44.5 Å². The number of carbonyl (C=O) groups is 2. The Morgan fingerprint density at radius 3 is 1.45 bits per heavy atom. The molecule has 2 aromatic rings. The first-order valence-electron chi connectivity index (χ1n) is 40.3. The van der Waals surface area contributed by atoms with Crippen LogP contribution in [0.1, 0.15) is 201 Å². The third-order valence-electron chi connectivity index (χ3n) is 26.0. The first-order chi connectivity index (χ1) is 51.4. The zero-order valence-electron chi connectivity index (χ0n) is 69.3. The van der Waals surface area contributed by atoms with Crippen molar-refractivity contribution >= 4 is 11.9 Å². The smallest absolute Gasteiger partial charge is 0.311 e. The van der Waals surface area contributed by atoms with Crippen LogP contribution in [0, 0.1) is 41.4 Å². The van der Waals surface area contributed by atoms with Gasteiger partial charge in [-0.25, -0.2) is 0 Å². The molecule has 26 heteroatoms. The minimum atomic E-state index is -1.82. The molecule has 26 nitrogen and oxygen atoms in total. The molecule has 2 aromatic carbocycles. The van der Waals surface area contributed by atoms with Gasteiger partial charge >= 0.3 is 11.9 Å². The third kappa shape index (κ3) is 19.2. The Morgan fingerprint density at radius 2 is 1.00 bits per heavy atom. The summed E-state index contributed by atoms with van der Waals surface area (Å²) in [5.41, 5.74) is 1.69. The number of hydrogen-bond acceptors (Lipinski definition) is 26. The number of ether oxygens (including phenoxy) is 14. The Kier molecular flexibility index (Phi) is 29.7. The second-order valence-corrected chi connectivity index (χ2v) is 35.1. The number of cyclic esters (lactones) is 2. The number of nitrogens with zero attached hydrogens (tertiary/aromatic N) is 1. The lowest BCUT2D eigenvalue weighted by Crippen LogP contribution is -2.60. The zero-order valence-corrected chi connectivity index (χ0v) is 69.3. The Bertz CT molecular complexity index is 3280. The molecule has 7 saturated heterocycles. The van der Waals surface area contributed by atoms with E-state index in [1.54, 1.807) is 62.3 Å². The van der Waals surface area contributed by atoms with Gasteiger partial charge in [0.25, 0.3) is 0 Å². The second-order valence-electron chi connectivity index (χ2n) is 35.1. The van der Waals surface area contributed by atoms with Gasteiger partial charge < -0.3 is 113 Å². The highest BCUT2D eigenvalue weighted by Gasteiger charge is 2.61. The SMILES string of the molecule is CC[C@@H](O)[C@@](C)(O)[C@@H]1OC(=O)[C@H](C)[C@@H](O[C@H]2CC(C)(OC)[C@@H](O)C(C)O2)[C@H](C)[C@@H](O[C@@H]2OC(C)CC(N(Cc3ccccc3)Cc3ccccc3)C2O)[C@@]2(C)CC(C)C(O2)[C@@H]1C.CC[C@@H](O)[C@@](C)(O)[C@@H]1OC(=O)[C@H](C)[C@@H](O[C@H]2CC(C)(OC)[C@@H](O)C(C)O2)[C@H](C)[C@@H](O[C@@H]2OC(C)CC(N)C2O)[C@@]2(C)CC(C)=C(O2)[C@@H]1C. The number of carbonyl (C=O) groups excluding carboxylic acids is 2. The highest BCUT2D eigenvalue weighted by Crippen LogP contribution is 2.52. The van der Waals surface area contributed by atoms with E-state index < -0.39 is 204 Å². The van der Waals surface area contributed by atoms with E-state index in [2.05, 4.69) is 36.1 Å². The van der Waals surface area contributed by atoms with E-state index >= 15 is 0 Å². The van der Waals surface area contributed by atoms with Crippen LogP contribution in [0.4, 0.5) is 0 Å². The number of aliphatic hydroxyl groups is 8. The molecule has 0 saturated carbocycles. The van der Waals surface area contributed by atoms with Crippen LogP contribution in [0.25, 0.3) is 0 Å². The summed E-state index contributed by atoms with van der Waals surface area (Å²) < 4.78 is 90.5. The van der Waals surface area contributed by atoms with Crippen LogP contribution in [0.5, 0.6) is 0 Å². The van der Waals surface area contributed by atoms with E-state index in [-0.39, 0.29) is 49.9 Å². The van der Waals surface area contributed by atoms with Crippen LogP contribution in [0.15, 0.2) is 72.0 Å². The molecule has 0 spiro atoms. The number of aliphatic hydroxyl groups excluding tert-OH is 6. The van der Waals surface area contributed by atoms with Crippen molar-refractivity contribution < 1.29 is 117 Å². The van der Waals surface area contributed by atoms with Gasteiger partial charge in [0.15, 0.2) is 25.2 Å². The van der Waals surface area contributed by atoms with Crippen LogP contribution in [0.2, 0.25) is 0 Å². The molecular weight excluding hydrogens is 1420 g/mol. The topological polar surface area (TPSA) is 354 Å². The van der Waals surface area contributed by atoms with E-state index in [1.165, 1.54) is 28.1 Å². The predicted molar refractivity (Wildman–Crippen MR) is 407 cm³/mol. The maximum atomic E-state index is 14.6. The first-order valence-corrected chi connectivity index (χ1v) is 40.3. The lowest BCUT2D eigenvalue weighted by Gasteiger charge is -2.49. The summed E-state index contributed by atoms with van der Waals surface area (Å²) in [6, 6.07) is 19.5. The molecule has 0 aliphatic carbocycles. The molecule has 8 aliphatic heterocycles. The van der Waals surface area contributed by atoms with Crippen molar-refractivity contribution in [1.82, 2.24) is 4.90 Å². The Labute approximate surface area is 652 Å². The standard InChI is InChI=1S/C49H75NO12.C35H61NO12/c1-12-37(51)49(10,55)44-30(4)40-28(2)24-48(9,62-40)43(31(5)41(32(6)45(54)60-44)59-38-25-47(8,56-11)42(53)33(7)58-38)61-46-39(52)36(23-29(3)57-46)50(26-34-19-15-13-16-20-34)27-35-21-17-14-18-22-35;1-12-23(37)35(10,41)30-18(4)26-16(2)14-34(9,48-26)29(47-32-25(38)22(36)13-17(3)43-32)19(5)27(20(6)31(40)46-30)45-24-15-33(8,42-11)28(39)21(7)44-24/h13-22,28-33,36-44,46,51-53,55H,12,23-27H2,1-11H3;17-25,27-30,32,37-39,41H,12-15,36H2,1-11H3/t28?,29?,30-,31-,32+,33?,36?,37+,38-,39?,40?,41-,42-,43+,44+,46-,47?,48+,49+;17?,18-,19-,20+,21?,22?,23+,24-,25?,27-,28-,29+,30+,32-,33?,34+,35+/m00/s1. The predicted octanol–water partition coefficient (Wildman–Crippen LogP) is 8.05. The minimum absolute atomic E-state index is 0.0946. The summed E-state index contributed by atoms with van der Waals surface area (Å²) in [6.07, 6.45) is -15.8. The quantitative estimate of drug-likeness (QED) is 0.0533. The van der Waals surface area contributed by atoms with Gasteiger partial charge in [0.1, 0.15) is 65.3 Å². The monoisotopic (exact) mass is 1560 g/mol. The van der Waals surface area contributed by atoms with Crippen molar-refractivity contribution in [2.75, 3.05) is 14.2 Å². The van der Waals surface area contributed by atoms with Crippen LogP contribution in [0.3, 0.4) is 0 Å². The van der Waals surface area contributed by atoms with Crippen LogP contribution < -0.4 is 5.73 Å². The number of fused-ring (bicyclic) bond motifs is 4. The maximum Gasteiger partial charge on any atom is 0.311 e. The van der Waals surface area contributed by atoms with Gasteiger partial charge in [0, 0.05) is 76.4 Å². The maximum absolute atomic E-state index is 14.6. The molecule has 0 amide bonds. The molecule has 626 valence electrons. The molecule has 0 radical (unpaired) electrons. The van der Waals surface area contributed by atoms with Gasteiger partial charge in [-0.05, 0) is 145 Å². The lowest BCUT2D eigenvalue weighted by molar-refractivity contribution is -0.319. The summed E-state index contributed by atoms with van der Waals surface area (Å²) in [6.45, 7) is 37.4. The number of hydrogen-bond donors (Lipinski definition) is 9. The number of esters is 2. The van der Waals surface area contributed by atoms with E-state index in [0.717, 1.165) is 16.7 Å². The highest BCUT2D eigenvalue weighted by atomic mass is 16.7. The largest absolute Gasteiger partial charge is 0.488 e. The molecule has 110 heavy (non-hydrogen) atoms. The lowest BCUT2D eigenvalue weighted by atomic mass is 9.76. The Morgan fingerprint density at radius 1 is 0.573 bits per heavy atom. The number of rotatable bonds is 21. The number of benzene rings is 2. The van der Waals surface area contributed by atoms with E-state index in [9.17, 15) is 50.4 Å². The van der Waals surface area contributed by atoms with Crippen molar-refractivity contribution in [3.8, 4) is 0 Å². The molecule has 10 N–H and O–H groups in total. The van der Waals surface area contributed by atoms with Crippen LogP contribution >= 0.6 is 0 Å². The van der Waals surface area contributed by atoms with Crippen molar-refractivity contribution in [2.24, 2.45) is 47.2 Å². The van der Waals surface area contributed by atoms with Crippen LogP contribution in [-0.2, 0) is 89.0 Å². The van der Waals surface area contributed by atoms with Crippen molar-refractivity contribution in [2.45, 2.75) is 378 Å². The summed E-state index contributed by atoms with van der Waals surface area (Å²) in [7, 11) is 3.05. The summed E-state index contributed by atoms with van der Waals surface area (Å²) in [5.74, 6) is -5.17. The summed E-state index contributed by atoms with van der Waals surface area (Å²) in [5, 5.41) is 91.3. The van der Waals surface area contributed by atoms with Gasteiger partial charge in [0.05, 0.1) is 95.6 Å². The van der Waals surface area contributed by atoms with Gasteiger partial charge in [0.2, 0.25) is 0 Å². The fourth-order valence-corrected chi connectivity index (χ4v) is 19.2. The molecule has 10 rings (SSSR count). The van der Waals surface area contributed by atoms with Gasteiger partial charge in [-0.1, -0.05) is 109 Å². The molecule has 0 aromatic heterocycles. The first kappa shape index (κ1) is 90.0. The fourth-order valence-electron chi connectivity index (χ4n) is 19.2. The minimum Gasteiger partial charge on any atom is -0.488 e. The van der Waals surface area contributed by atoms with Crippen molar-refractivity contribution in [3.05, 3.63) is 83.1 Å². The molecule has 7 fully saturated rings. The van der Waals surface area contributed by atoms with Crippen molar-refractivity contribution in [3.63, 3.8) is 0 Å². The Balaban J connectivity index is 0.000000262. The third-order valence-corrected chi connectivity index (χ3v) is 26.0. The number of methoxy groups -OCH3 is 2. The van der Waals surface area contributed by atoms with Gasteiger partial charge in [-0.15, -0.1) is 0 Å².